The number of nitrogens with one attached hydrogen (secondary N) is 1. The van der Waals surface area contributed by atoms with Crippen LogP contribution >= 0.6 is 27.3 Å². The lowest BCUT2D eigenvalue weighted by atomic mass is 10.0. The molecule has 0 bridgehead atoms. The number of halogens is 4. The van der Waals surface area contributed by atoms with Gasteiger partial charge in [-0.15, -0.1) is 11.3 Å². The molecule has 1 nitrogen and oxygen atoms in total. The number of hydrogen-bond donors (Lipinski definition) is 1. The molecule has 0 aliphatic heterocycles. The van der Waals surface area contributed by atoms with Crippen LogP contribution in [0.2, 0.25) is 0 Å². The van der Waals surface area contributed by atoms with E-state index in [4.69, 9.17) is 0 Å². The van der Waals surface area contributed by atoms with Crippen molar-refractivity contribution in [1.29, 1.82) is 0 Å². The maximum absolute atomic E-state index is 12.3. The summed E-state index contributed by atoms with van der Waals surface area (Å²) in [7, 11) is 0. The fraction of sp³-hybridized carbons (Fsp3) is 0.667. The van der Waals surface area contributed by atoms with Gasteiger partial charge in [-0.05, 0) is 53.9 Å². The summed E-state index contributed by atoms with van der Waals surface area (Å²) < 4.78 is 37.9. The summed E-state index contributed by atoms with van der Waals surface area (Å²) in [6, 6.07) is 1.71. The standard InChI is InChI=1S/C12H17BrF3NS/c1-3-6-17-10(4-5-12(14,15)16)9-7-11(13)18-8(9)2/h7,10,17H,3-6H2,1-2H3. The lowest BCUT2D eigenvalue weighted by molar-refractivity contribution is -0.136. The Bertz CT molecular complexity index is 376. The van der Waals surface area contributed by atoms with E-state index in [2.05, 4.69) is 21.2 Å². The molecular weight excluding hydrogens is 327 g/mol. The van der Waals surface area contributed by atoms with Gasteiger partial charge in [0.2, 0.25) is 0 Å². The van der Waals surface area contributed by atoms with Crippen LogP contribution in [0.15, 0.2) is 9.85 Å². The van der Waals surface area contributed by atoms with Gasteiger partial charge in [0.05, 0.1) is 3.79 Å². The summed E-state index contributed by atoms with van der Waals surface area (Å²) in [5, 5.41) is 3.20. The molecule has 0 aliphatic carbocycles. The Labute approximate surface area is 118 Å². The predicted octanol–water partition coefficient (Wildman–Crippen LogP) is 5.20. The molecule has 1 rings (SSSR count). The van der Waals surface area contributed by atoms with Crippen LogP contribution in [0.5, 0.6) is 0 Å². The molecule has 1 heterocycles. The summed E-state index contributed by atoms with van der Waals surface area (Å²) >= 11 is 4.94. The maximum Gasteiger partial charge on any atom is 0.389 e. The van der Waals surface area contributed by atoms with Crippen molar-refractivity contribution in [2.45, 2.75) is 45.3 Å². The minimum Gasteiger partial charge on any atom is -0.310 e. The van der Waals surface area contributed by atoms with Gasteiger partial charge in [0.25, 0.3) is 0 Å². The van der Waals surface area contributed by atoms with Gasteiger partial charge < -0.3 is 5.32 Å². The molecule has 6 heteroatoms. The number of hydrogen-bond acceptors (Lipinski definition) is 2. The van der Waals surface area contributed by atoms with Crippen LogP contribution in [0.4, 0.5) is 13.2 Å². The molecule has 18 heavy (non-hydrogen) atoms. The van der Waals surface area contributed by atoms with Gasteiger partial charge in [-0.1, -0.05) is 6.92 Å². The van der Waals surface area contributed by atoms with Gasteiger partial charge >= 0.3 is 6.18 Å². The lowest BCUT2D eigenvalue weighted by Gasteiger charge is -2.19. The molecule has 0 saturated heterocycles. The van der Waals surface area contributed by atoms with Crippen molar-refractivity contribution in [3.05, 3.63) is 20.3 Å². The molecule has 0 radical (unpaired) electrons. The quantitative estimate of drug-likeness (QED) is 0.748. The topological polar surface area (TPSA) is 12.0 Å². The van der Waals surface area contributed by atoms with Gasteiger partial charge in [0, 0.05) is 17.3 Å². The highest BCUT2D eigenvalue weighted by molar-refractivity contribution is 9.11. The normalized spacial score (nSPS) is 13.9. The second-order valence-corrected chi connectivity index (χ2v) is 6.86. The summed E-state index contributed by atoms with van der Waals surface area (Å²) in [6.07, 6.45) is -3.84. The van der Waals surface area contributed by atoms with E-state index in [0.717, 1.165) is 27.2 Å². The van der Waals surface area contributed by atoms with E-state index in [1.54, 1.807) is 11.3 Å². The van der Waals surface area contributed by atoms with E-state index in [0.29, 0.717) is 0 Å². The first-order chi connectivity index (χ1) is 8.33. The Hall–Kier alpha value is -0.0700. The summed E-state index contributed by atoms with van der Waals surface area (Å²) in [6.45, 7) is 4.68. The smallest absolute Gasteiger partial charge is 0.310 e. The molecule has 1 aromatic heterocycles. The van der Waals surface area contributed by atoms with Gasteiger partial charge in [-0.3, -0.25) is 0 Å². The third kappa shape index (κ3) is 5.28. The Morgan fingerprint density at radius 2 is 2.11 bits per heavy atom. The average Bonchev–Trinajstić information content (AvgIpc) is 2.57. The average molecular weight is 344 g/mol. The van der Waals surface area contributed by atoms with Crippen molar-refractivity contribution < 1.29 is 13.2 Å². The number of aryl methyl sites for hydroxylation is 1. The first-order valence-electron chi connectivity index (χ1n) is 5.89. The first-order valence-corrected chi connectivity index (χ1v) is 7.50. The van der Waals surface area contributed by atoms with Gasteiger partial charge in [-0.25, -0.2) is 0 Å². The van der Waals surface area contributed by atoms with E-state index in [-0.39, 0.29) is 12.5 Å². The van der Waals surface area contributed by atoms with Crippen molar-refractivity contribution >= 4 is 27.3 Å². The highest BCUT2D eigenvalue weighted by Gasteiger charge is 2.29. The Kier molecular flexibility index (Phi) is 6.14. The van der Waals surface area contributed by atoms with E-state index >= 15 is 0 Å². The van der Waals surface area contributed by atoms with E-state index in [9.17, 15) is 13.2 Å². The van der Waals surface area contributed by atoms with Crippen LogP contribution in [0.25, 0.3) is 0 Å². The summed E-state index contributed by atoms with van der Waals surface area (Å²) in [5.41, 5.74) is 0.976. The maximum atomic E-state index is 12.3. The lowest BCUT2D eigenvalue weighted by Crippen LogP contribution is -2.24. The van der Waals surface area contributed by atoms with Crippen LogP contribution < -0.4 is 5.32 Å². The van der Waals surface area contributed by atoms with E-state index in [1.165, 1.54) is 0 Å². The van der Waals surface area contributed by atoms with Crippen molar-refractivity contribution in [2.24, 2.45) is 0 Å². The van der Waals surface area contributed by atoms with Crippen LogP contribution in [-0.4, -0.2) is 12.7 Å². The van der Waals surface area contributed by atoms with Crippen molar-refractivity contribution in [1.82, 2.24) is 5.32 Å². The summed E-state index contributed by atoms with van der Waals surface area (Å²) in [4.78, 5) is 1.07. The van der Waals surface area contributed by atoms with Crippen LogP contribution in [0, 0.1) is 6.92 Å². The van der Waals surface area contributed by atoms with E-state index in [1.807, 2.05) is 19.9 Å². The second-order valence-electron chi connectivity index (χ2n) is 4.22. The minimum absolute atomic E-state index is 0.0908. The Morgan fingerprint density at radius 1 is 1.44 bits per heavy atom. The molecule has 0 aromatic carbocycles. The van der Waals surface area contributed by atoms with Crippen molar-refractivity contribution in [3.63, 3.8) is 0 Å². The molecule has 0 fully saturated rings. The van der Waals surface area contributed by atoms with Crippen LogP contribution in [0.3, 0.4) is 0 Å². The Morgan fingerprint density at radius 3 is 2.56 bits per heavy atom. The molecule has 104 valence electrons. The number of alkyl halides is 3. The SMILES string of the molecule is CCCNC(CCC(F)(F)F)c1cc(Br)sc1C. The molecule has 0 spiro atoms. The molecular formula is C12H17BrF3NS. The highest BCUT2D eigenvalue weighted by Crippen LogP contribution is 2.34. The zero-order valence-electron chi connectivity index (χ0n) is 10.4. The molecule has 1 N–H and O–H groups in total. The zero-order chi connectivity index (χ0) is 13.8. The minimum atomic E-state index is -4.09. The molecule has 1 atom stereocenters. The Balaban J connectivity index is 2.74. The van der Waals surface area contributed by atoms with Crippen molar-refractivity contribution in [2.75, 3.05) is 6.54 Å². The van der Waals surface area contributed by atoms with Crippen molar-refractivity contribution in [3.8, 4) is 0 Å². The highest BCUT2D eigenvalue weighted by atomic mass is 79.9. The third-order valence-electron chi connectivity index (χ3n) is 2.66. The number of thiophene rings is 1. The molecule has 0 aliphatic rings. The summed E-state index contributed by atoms with van der Waals surface area (Å²) in [5.74, 6) is 0. The second kappa shape index (κ2) is 6.91. The van der Waals surface area contributed by atoms with Gasteiger partial charge in [-0.2, -0.15) is 13.2 Å². The molecule has 1 aromatic rings. The zero-order valence-corrected chi connectivity index (χ0v) is 12.8. The number of rotatable bonds is 6. The molecule has 0 saturated carbocycles. The van der Waals surface area contributed by atoms with Crippen LogP contribution in [-0.2, 0) is 0 Å². The van der Waals surface area contributed by atoms with Crippen LogP contribution in [0.1, 0.15) is 42.7 Å². The largest absolute Gasteiger partial charge is 0.389 e. The monoisotopic (exact) mass is 343 g/mol. The first kappa shape index (κ1) is 16.0. The molecule has 1 unspecified atom stereocenters. The third-order valence-corrected chi connectivity index (χ3v) is 4.23. The van der Waals surface area contributed by atoms with Gasteiger partial charge in [0.1, 0.15) is 0 Å². The fourth-order valence-corrected chi connectivity index (χ4v) is 3.57. The fourth-order valence-electron chi connectivity index (χ4n) is 1.80. The predicted molar refractivity (Wildman–Crippen MR) is 73.1 cm³/mol. The van der Waals surface area contributed by atoms with Gasteiger partial charge in [0.15, 0.2) is 0 Å². The van der Waals surface area contributed by atoms with E-state index < -0.39 is 12.6 Å². The molecule has 0 amide bonds.